The van der Waals surface area contributed by atoms with Crippen LogP contribution in [-0.4, -0.2) is 25.5 Å². The minimum atomic E-state index is 0.754. The molecule has 0 rings (SSSR count). The van der Waals surface area contributed by atoms with Crippen LogP contribution < -0.4 is 11.1 Å². The Kier molecular flexibility index (Phi) is 9.40. The Balaban J connectivity index is 2.65. The van der Waals surface area contributed by atoms with E-state index in [1.807, 2.05) is 0 Å². The summed E-state index contributed by atoms with van der Waals surface area (Å²) < 4.78 is 0. The van der Waals surface area contributed by atoms with Gasteiger partial charge in [-0.2, -0.15) is 0 Å². The molecule has 3 heteroatoms. The third-order valence-electron chi connectivity index (χ3n) is 1.29. The molecule has 0 spiro atoms. The van der Waals surface area contributed by atoms with E-state index in [2.05, 4.69) is 5.32 Å². The van der Waals surface area contributed by atoms with Gasteiger partial charge in [0.2, 0.25) is 0 Å². The van der Waals surface area contributed by atoms with Crippen molar-refractivity contribution in [1.29, 1.82) is 0 Å². The van der Waals surface area contributed by atoms with E-state index >= 15 is 0 Å². The van der Waals surface area contributed by atoms with E-state index in [9.17, 15) is 0 Å². The number of rotatable bonds is 7. The third-order valence-corrected chi connectivity index (χ3v) is 1.56. The standard InChI is InChI=1S/C7H17ClN2/c8-4-3-7-10-6-2-1-5-9/h10H,1-7,9H2. The number of halogens is 1. The highest BCUT2D eigenvalue weighted by molar-refractivity contribution is 6.17. The van der Waals surface area contributed by atoms with Crippen LogP contribution in [0.1, 0.15) is 19.3 Å². The van der Waals surface area contributed by atoms with Crippen LogP contribution in [0.4, 0.5) is 0 Å². The molecule has 0 aliphatic carbocycles. The fourth-order valence-corrected chi connectivity index (χ4v) is 0.845. The molecule has 10 heavy (non-hydrogen) atoms. The first kappa shape index (κ1) is 10.2. The van der Waals surface area contributed by atoms with Gasteiger partial charge in [0.05, 0.1) is 0 Å². The van der Waals surface area contributed by atoms with Crippen molar-refractivity contribution in [3.05, 3.63) is 0 Å². The van der Waals surface area contributed by atoms with Crippen molar-refractivity contribution in [2.45, 2.75) is 19.3 Å². The number of hydrogen-bond acceptors (Lipinski definition) is 2. The van der Waals surface area contributed by atoms with Gasteiger partial charge in [-0.3, -0.25) is 0 Å². The molecule has 0 saturated carbocycles. The summed E-state index contributed by atoms with van der Waals surface area (Å²) in [6.45, 7) is 2.92. The van der Waals surface area contributed by atoms with Crippen LogP contribution in [0.3, 0.4) is 0 Å². The molecule has 0 aliphatic heterocycles. The molecule has 0 heterocycles. The number of alkyl halides is 1. The number of hydrogen-bond donors (Lipinski definition) is 2. The zero-order valence-electron chi connectivity index (χ0n) is 6.41. The first-order valence-electron chi connectivity index (χ1n) is 3.88. The molecule has 0 bridgehead atoms. The van der Waals surface area contributed by atoms with Crippen LogP contribution in [0.25, 0.3) is 0 Å². The van der Waals surface area contributed by atoms with Gasteiger partial charge in [0, 0.05) is 5.88 Å². The van der Waals surface area contributed by atoms with Crippen molar-refractivity contribution in [2.24, 2.45) is 5.73 Å². The molecular weight excluding hydrogens is 148 g/mol. The smallest absolute Gasteiger partial charge is 0.0235 e. The lowest BCUT2D eigenvalue weighted by molar-refractivity contribution is 0.622. The van der Waals surface area contributed by atoms with Crippen molar-refractivity contribution in [2.75, 3.05) is 25.5 Å². The quantitative estimate of drug-likeness (QED) is 0.434. The van der Waals surface area contributed by atoms with Crippen LogP contribution in [0.5, 0.6) is 0 Å². The van der Waals surface area contributed by atoms with Gasteiger partial charge < -0.3 is 11.1 Å². The summed E-state index contributed by atoms with van der Waals surface area (Å²) in [5.41, 5.74) is 5.32. The monoisotopic (exact) mass is 164 g/mol. The molecule has 3 N–H and O–H groups in total. The van der Waals surface area contributed by atoms with Crippen LogP contribution in [0.2, 0.25) is 0 Å². The molecule has 0 saturated heterocycles. The Hall–Kier alpha value is 0.210. The van der Waals surface area contributed by atoms with Crippen molar-refractivity contribution in [3.63, 3.8) is 0 Å². The van der Waals surface area contributed by atoms with Crippen molar-refractivity contribution in [1.82, 2.24) is 5.32 Å². The van der Waals surface area contributed by atoms with Gasteiger partial charge in [-0.05, 0) is 38.9 Å². The first-order chi connectivity index (χ1) is 4.91. The maximum absolute atomic E-state index is 5.48. The Morgan fingerprint density at radius 3 is 2.40 bits per heavy atom. The first-order valence-corrected chi connectivity index (χ1v) is 4.42. The highest BCUT2D eigenvalue weighted by atomic mass is 35.5. The lowest BCUT2D eigenvalue weighted by atomic mass is 10.3. The summed E-state index contributed by atoms with van der Waals surface area (Å²) in [7, 11) is 0. The molecule has 0 aromatic rings. The van der Waals surface area contributed by atoms with E-state index in [4.69, 9.17) is 17.3 Å². The fourth-order valence-electron chi connectivity index (χ4n) is 0.711. The minimum Gasteiger partial charge on any atom is -0.330 e. The highest BCUT2D eigenvalue weighted by Crippen LogP contribution is 1.84. The topological polar surface area (TPSA) is 38.0 Å². The van der Waals surface area contributed by atoms with Crippen LogP contribution in [0.15, 0.2) is 0 Å². The molecule has 0 atom stereocenters. The largest absolute Gasteiger partial charge is 0.330 e. The normalized spacial score (nSPS) is 10.2. The summed E-state index contributed by atoms with van der Waals surface area (Å²) in [5.74, 6) is 0.754. The summed E-state index contributed by atoms with van der Waals surface area (Å²) in [6.07, 6.45) is 3.36. The van der Waals surface area contributed by atoms with Gasteiger partial charge in [-0.1, -0.05) is 0 Å². The molecule has 0 fully saturated rings. The number of unbranched alkanes of at least 4 members (excludes halogenated alkanes) is 1. The SMILES string of the molecule is NCCCCNCCCCl. The molecule has 62 valence electrons. The van der Waals surface area contributed by atoms with Crippen molar-refractivity contribution >= 4 is 11.6 Å². The van der Waals surface area contributed by atoms with E-state index in [0.29, 0.717) is 0 Å². The number of nitrogens with one attached hydrogen (secondary N) is 1. The molecule has 0 aromatic carbocycles. The van der Waals surface area contributed by atoms with Gasteiger partial charge in [-0.15, -0.1) is 11.6 Å². The van der Waals surface area contributed by atoms with Crippen LogP contribution >= 0.6 is 11.6 Å². The summed E-state index contributed by atoms with van der Waals surface area (Å²) in [5, 5.41) is 3.28. The van der Waals surface area contributed by atoms with Crippen LogP contribution in [0, 0.1) is 0 Å². The zero-order chi connectivity index (χ0) is 7.66. The second-order valence-electron chi connectivity index (χ2n) is 2.29. The zero-order valence-corrected chi connectivity index (χ0v) is 7.16. The highest BCUT2D eigenvalue weighted by Gasteiger charge is 1.86. The summed E-state index contributed by atoms with van der Waals surface area (Å²) in [4.78, 5) is 0. The van der Waals surface area contributed by atoms with Crippen molar-refractivity contribution < 1.29 is 0 Å². The average molecular weight is 165 g/mol. The molecule has 0 aromatic heterocycles. The molecule has 0 amide bonds. The predicted octanol–water partition coefficient (Wildman–Crippen LogP) is 0.944. The average Bonchev–Trinajstić information content (AvgIpc) is 1.97. The van der Waals surface area contributed by atoms with Gasteiger partial charge >= 0.3 is 0 Å². The maximum Gasteiger partial charge on any atom is 0.0235 e. The maximum atomic E-state index is 5.48. The molecule has 0 aliphatic rings. The van der Waals surface area contributed by atoms with Crippen molar-refractivity contribution in [3.8, 4) is 0 Å². The molecule has 2 nitrogen and oxygen atoms in total. The van der Waals surface area contributed by atoms with Gasteiger partial charge in [0.25, 0.3) is 0 Å². The van der Waals surface area contributed by atoms with Crippen LogP contribution in [-0.2, 0) is 0 Å². The van der Waals surface area contributed by atoms with E-state index in [1.54, 1.807) is 0 Å². The van der Waals surface area contributed by atoms with E-state index in [-0.39, 0.29) is 0 Å². The Bertz CT molecular complexity index is 51.6. The lowest BCUT2D eigenvalue weighted by Crippen LogP contribution is -2.17. The fraction of sp³-hybridized carbons (Fsp3) is 1.00. The predicted molar refractivity (Wildman–Crippen MR) is 46.5 cm³/mol. The Labute approximate surface area is 68.1 Å². The minimum absolute atomic E-state index is 0.754. The molecular formula is C7H17ClN2. The van der Waals surface area contributed by atoms with Gasteiger partial charge in [0.15, 0.2) is 0 Å². The summed E-state index contributed by atoms with van der Waals surface area (Å²) in [6, 6.07) is 0. The Morgan fingerprint density at radius 1 is 1.10 bits per heavy atom. The van der Waals surface area contributed by atoms with E-state index < -0.39 is 0 Å². The van der Waals surface area contributed by atoms with Gasteiger partial charge in [0.1, 0.15) is 0 Å². The Morgan fingerprint density at radius 2 is 1.80 bits per heavy atom. The second kappa shape index (κ2) is 9.21. The third kappa shape index (κ3) is 8.21. The number of nitrogens with two attached hydrogens (primary N) is 1. The second-order valence-corrected chi connectivity index (χ2v) is 2.67. The molecule has 0 unspecified atom stereocenters. The molecule has 0 radical (unpaired) electrons. The van der Waals surface area contributed by atoms with Gasteiger partial charge in [-0.25, -0.2) is 0 Å². The lowest BCUT2D eigenvalue weighted by Gasteiger charge is -2.00. The van der Waals surface area contributed by atoms with E-state index in [0.717, 1.165) is 38.4 Å². The van der Waals surface area contributed by atoms with E-state index in [1.165, 1.54) is 6.42 Å². The summed E-state index contributed by atoms with van der Waals surface area (Å²) >= 11 is 5.48.